The zero-order chi connectivity index (χ0) is 8.27. The van der Waals surface area contributed by atoms with Gasteiger partial charge in [0.1, 0.15) is 0 Å². The van der Waals surface area contributed by atoms with Crippen molar-refractivity contribution in [2.24, 2.45) is 11.8 Å². The molecule has 0 saturated heterocycles. The van der Waals surface area contributed by atoms with E-state index in [1.165, 1.54) is 0 Å². The topological polar surface area (TPSA) is 26.3 Å². The van der Waals surface area contributed by atoms with E-state index in [0.717, 1.165) is 12.7 Å². The fourth-order valence-corrected chi connectivity index (χ4v) is 1.34. The van der Waals surface area contributed by atoms with Gasteiger partial charge in [-0.15, -0.1) is 0 Å². The van der Waals surface area contributed by atoms with Gasteiger partial charge in [-0.1, -0.05) is 13.8 Å². The molecule has 0 aliphatic carbocycles. The van der Waals surface area contributed by atoms with Crippen LogP contribution in [0.5, 0.6) is 0 Å². The Bertz CT molecular complexity index is 161. The van der Waals surface area contributed by atoms with E-state index in [4.69, 9.17) is 4.74 Å². The van der Waals surface area contributed by atoms with E-state index in [1.54, 1.807) is 6.26 Å². The predicted octanol–water partition coefficient (Wildman–Crippen LogP) is 1.76. The first-order chi connectivity index (χ1) is 5.24. The van der Waals surface area contributed by atoms with Gasteiger partial charge < -0.3 is 4.74 Å². The first kappa shape index (κ1) is 8.31. The number of carbonyl (C=O) groups is 1. The molecule has 11 heavy (non-hydrogen) atoms. The van der Waals surface area contributed by atoms with Gasteiger partial charge in [0.2, 0.25) is 0 Å². The molecule has 0 radical (unpaired) electrons. The summed E-state index contributed by atoms with van der Waals surface area (Å²) in [7, 11) is 0. The molecule has 0 aromatic heterocycles. The van der Waals surface area contributed by atoms with E-state index in [0.29, 0.717) is 11.8 Å². The molecule has 0 fully saturated rings. The number of aldehydes is 1. The average molecular weight is 154 g/mol. The molecule has 2 atom stereocenters. The molecular weight excluding hydrogens is 140 g/mol. The third-order valence-corrected chi connectivity index (χ3v) is 1.86. The van der Waals surface area contributed by atoms with Crippen molar-refractivity contribution in [3.05, 3.63) is 12.3 Å². The Morgan fingerprint density at radius 1 is 1.64 bits per heavy atom. The number of ether oxygens (including phenoxy) is 1. The maximum Gasteiger partial charge on any atom is 0.161 e. The zero-order valence-electron chi connectivity index (χ0n) is 6.99. The van der Waals surface area contributed by atoms with Crippen LogP contribution >= 0.6 is 0 Å². The lowest BCUT2D eigenvalue weighted by molar-refractivity contribution is -0.116. The zero-order valence-corrected chi connectivity index (χ0v) is 6.99. The van der Waals surface area contributed by atoms with Crippen molar-refractivity contribution in [1.82, 2.24) is 0 Å². The third-order valence-electron chi connectivity index (χ3n) is 1.86. The van der Waals surface area contributed by atoms with Gasteiger partial charge in [-0.3, -0.25) is 4.79 Å². The Kier molecular flexibility index (Phi) is 2.69. The maximum absolute atomic E-state index is 10.4. The van der Waals surface area contributed by atoms with Gasteiger partial charge in [0.15, 0.2) is 12.4 Å². The molecule has 1 aliphatic heterocycles. The molecule has 1 aliphatic rings. The van der Waals surface area contributed by atoms with Gasteiger partial charge in [-0.25, -0.2) is 0 Å². The van der Waals surface area contributed by atoms with Crippen LogP contribution in [0.15, 0.2) is 12.3 Å². The number of hydrogen-bond donors (Lipinski definition) is 0. The van der Waals surface area contributed by atoms with Gasteiger partial charge >= 0.3 is 0 Å². The summed E-state index contributed by atoms with van der Waals surface area (Å²) in [5, 5.41) is 0. The fourth-order valence-electron chi connectivity index (χ4n) is 1.34. The molecule has 2 nitrogen and oxygen atoms in total. The van der Waals surface area contributed by atoms with Crippen molar-refractivity contribution < 1.29 is 9.53 Å². The molecule has 0 aromatic rings. The number of hydrogen-bond acceptors (Lipinski definition) is 2. The first-order valence-electron chi connectivity index (χ1n) is 4.01. The van der Waals surface area contributed by atoms with Gasteiger partial charge in [0.25, 0.3) is 0 Å². The van der Waals surface area contributed by atoms with Crippen LogP contribution in [0, 0.1) is 11.8 Å². The van der Waals surface area contributed by atoms with Gasteiger partial charge in [-0.05, 0) is 18.4 Å². The lowest BCUT2D eigenvalue weighted by Crippen LogP contribution is -2.19. The molecule has 1 rings (SSSR count). The third kappa shape index (κ3) is 2.07. The summed E-state index contributed by atoms with van der Waals surface area (Å²) >= 11 is 0. The van der Waals surface area contributed by atoms with Crippen LogP contribution in [0.2, 0.25) is 0 Å². The highest BCUT2D eigenvalue weighted by Gasteiger charge is 2.24. The van der Waals surface area contributed by atoms with Crippen LogP contribution in [-0.4, -0.2) is 12.4 Å². The van der Waals surface area contributed by atoms with E-state index in [2.05, 4.69) is 13.8 Å². The molecular formula is C9H14O2. The molecule has 0 spiro atoms. The average Bonchev–Trinajstić information content (AvgIpc) is 2.34. The smallest absolute Gasteiger partial charge is 0.161 e. The van der Waals surface area contributed by atoms with Crippen LogP contribution in [0.1, 0.15) is 20.3 Å². The normalized spacial score (nSPS) is 29.0. The summed E-state index contributed by atoms with van der Waals surface area (Å²) in [5.74, 6) is 0.918. The van der Waals surface area contributed by atoms with Crippen molar-refractivity contribution >= 4 is 6.29 Å². The van der Waals surface area contributed by atoms with E-state index in [1.807, 2.05) is 6.08 Å². The molecule has 2 unspecified atom stereocenters. The molecule has 0 amide bonds. The minimum absolute atomic E-state index is 0.225. The quantitative estimate of drug-likeness (QED) is 0.579. The van der Waals surface area contributed by atoms with Crippen LogP contribution in [0.25, 0.3) is 0 Å². The van der Waals surface area contributed by atoms with Crippen LogP contribution < -0.4 is 0 Å². The Morgan fingerprint density at radius 3 is 2.91 bits per heavy atom. The second kappa shape index (κ2) is 3.56. The molecule has 1 heterocycles. The lowest BCUT2D eigenvalue weighted by Gasteiger charge is -2.14. The summed E-state index contributed by atoms with van der Waals surface area (Å²) in [6, 6.07) is 0. The minimum atomic E-state index is -0.225. The Labute approximate surface area is 67.2 Å². The van der Waals surface area contributed by atoms with E-state index in [-0.39, 0.29) is 6.10 Å². The lowest BCUT2D eigenvalue weighted by atomic mass is 9.94. The molecule has 0 saturated carbocycles. The molecule has 0 aromatic carbocycles. The van der Waals surface area contributed by atoms with Crippen LogP contribution in [0.4, 0.5) is 0 Å². The van der Waals surface area contributed by atoms with Gasteiger partial charge in [0.05, 0.1) is 6.26 Å². The first-order valence-corrected chi connectivity index (χ1v) is 4.01. The summed E-state index contributed by atoms with van der Waals surface area (Å²) < 4.78 is 5.07. The van der Waals surface area contributed by atoms with Crippen LogP contribution in [-0.2, 0) is 9.53 Å². The van der Waals surface area contributed by atoms with Crippen molar-refractivity contribution in [1.29, 1.82) is 0 Å². The molecule has 0 bridgehead atoms. The summed E-state index contributed by atoms with van der Waals surface area (Å²) in [4.78, 5) is 10.4. The second-order valence-electron chi connectivity index (χ2n) is 3.36. The number of rotatable bonds is 3. The maximum atomic E-state index is 10.4. The van der Waals surface area contributed by atoms with Crippen LogP contribution in [0.3, 0.4) is 0 Å². The molecule has 0 N–H and O–H groups in total. The van der Waals surface area contributed by atoms with Crippen molar-refractivity contribution in [3.8, 4) is 0 Å². The Hall–Kier alpha value is -0.790. The monoisotopic (exact) mass is 154 g/mol. The summed E-state index contributed by atoms with van der Waals surface area (Å²) in [6.07, 6.45) is 5.29. The fraction of sp³-hybridized carbons (Fsp3) is 0.667. The van der Waals surface area contributed by atoms with Crippen molar-refractivity contribution in [2.75, 3.05) is 0 Å². The van der Waals surface area contributed by atoms with Crippen molar-refractivity contribution in [3.63, 3.8) is 0 Å². The highest BCUT2D eigenvalue weighted by atomic mass is 16.5. The van der Waals surface area contributed by atoms with Gasteiger partial charge in [-0.2, -0.15) is 0 Å². The van der Waals surface area contributed by atoms with Gasteiger partial charge in [0, 0.05) is 5.92 Å². The van der Waals surface area contributed by atoms with E-state index >= 15 is 0 Å². The molecule has 62 valence electrons. The van der Waals surface area contributed by atoms with E-state index < -0.39 is 0 Å². The standard InChI is InChI=1S/C9H14O2/c1-7(2)5-8-3-4-11-9(8)6-10/h3-4,6-9H,5H2,1-2H3. The SMILES string of the molecule is CC(C)CC1C=COC1C=O. The second-order valence-corrected chi connectivity index (χ2v) is 3.36. The largest absolute Gasteiger partial charge is 0.490 e. The predicted molar refractivity (Wildman–Crippen MR) is 43.0 cm³/mol. The minimum Gasteiger partial charge on any atom is -0.490 e. The Morgan fingerprint density at radius 2 is 2.36 bits per heavy atom. The Balaban J connectivity index is 2.43. The molecule has 2 heteroatoms. The summed E-state index contributed by atoms with van der Waals surface area (Å²) in [6.45, 7) is 4.29. The number of carbonyl (C=O) groups excluding carboxylic acids is 1. The summed E-state index contributed by atoms with van der Waals surface area (Å²) in [5.41, 5.74) is 0. The highest BCUT2D eigenvalue weighted by molar-refractivity contribution is 5.58. The van der Waals surface area contributed by atoms with Crippen molar-refractivity contribution in [2.45, 2.75) is 26.4 Å². The van der Waals surface area contributed by atoms with E-state index in [9.17, 15) is 4.79 Å². The highest BCUT2D eigenvalue weighted by Crippen LogP contribution is 2.23.